The second-order valence-electron chi connectivity index (χ2n) is 7.20. The summed E-state index contributed by atoms with van der Waals surface area (Å²) in [6, 6.07) is 11.4. The van der Waals surface area contributed by atoms with E-state index in [0.29, 0.717) is 30.0 Å². The van der Waals surface area contributed by atoms with Gasteiger partial charge in [-0.25, -0.2) is 8.42 Å². The van der Waals surface area contributed by atoms with Crippen LogP contribution in [0.15, 0.2) is 53.4 Å². The predicted octanol–water partition coefficient (Wildman–Crippen LogP) is 2.08. The van der Waals surface area contributed by atoms with Crippen LogP contribution in [0.1, 0.15) is 26.7 Å². The van der Waals surface area contributed by atoms with Crippen molar-refractivity contribution in [2.45, 2.75) is 37.6 Å². The van der Waals surface area contributed by atoms with Gasteiger partial charge in [-0.2, -0.15) is 4.72 Å². The standard InChI is InChI=1S/C21H24N4O5S/c1-14(24-31(29,30)17-11-9-16(10-12-17)22-15(2)26)21(28)23-18-6-3-4-7-19(18)25-13-5-8-20(25)27/h3-4,6-7,9-12,14,24H,5,8,13H2,1-2H3,(H,22,26)(H,23,28)/t14-/m0/s1. The SMILES string of the molecule is CC(=O)Nc1ccc(S(=O)(=O)N[C@@H](C)C(=O)Nc2ccccc2N2CCCC2=O)cc1. The van der Waals surface area contributed by atoms with Crippen LogP contribution in [0.2, 0.25) is 0 Å². The molecule has 0 aromatic heterocycles. The molecule has 1 aliphatic rings. The molecule has 1 saturated heterocycles. The van der Waals surface area contributed by atoms with Gasteiger partial charge < -0.3 is 15.5 Å². The highest BCUT2D eigenvalue weighted by atomic mass is 32.2. The number of rotatable bonds is 7. The Morgan fingerprint density at radius 2 is 1.71 bits per heavy atom. The average molecular weight is 445 g/mol. The number of amides is 3. The summed E-state index contributed by atoms with van der Waals surface area (Å²) in [7, 11) is -3.96. The lowest BCUT2D eigenvalue weighted by atomic mass is 10.2. The van der Waals surface area contributed by atoms with E-state index in [1.165, 1.54) is 38.1 Å². The lowest BCUT2D eigenvalue weighted by Gasteiger charge is -2.21. The van der Waals surface area contributed by atoms with E-state index >= 15 is 0 Å². The van der Waals surface area contributed by atoms with Crippen molar-refractivity contribution in [2.75, 3.05) is 22.1 Å². The van der Waals surface area contributed by atoms with Crippen molar-refractivity contribution in [3.05, 3.63) is 48.5 Å². The van der Waals surface area contributed by atoms with Crippen LogP contribution in [-0.2, 0) is 24.4 Å². The minimum Gasteiger partial charge on any atom is -0.326 e. The first-order valence-corrected chi connectivity index (χ1v) is 11.3. The molecule has 1 aliphatic heterocycles. The Labute approximate surface area is 180 Å². The second-order valence-corrected chi connectivity index (χ2v) is 8.92. The molecule has 2 aromatic rings. The van der Waals surface area contributed by atoms with Gasteiger partial charge in [0, 0.05) is 25.6 Å². The van der Waals surface area contributed by atoms with Gasteiger partial charge in [0.2, 0.25) is 27.7 Å². The van der Waals surface area contributed by atoms with E-state index in [9.17, 15) is 22.8 Å². The number of anilines is 3. The first kappa shape index (κ1) is 22.4. The minimum absolute atomic E-state index is 0.0156. The number of hydrogen-bond donors (Lipinski definition) is 3. The van der Waals surface area contributed by atoms with Gasteiger partial charge in [-0.3, -0.25) is 14.4 Å². The fourth-order valence-electron chi connectivity index (χ4n) is 3.23. The maximum Gasteiger partial charge on any atom is 0.242 e. The Kier molecular flexibility index (Phi) is 6.71. The highest BCUT2D eigenvalue weighted by Crippen LogP contribution is 2.29. The molecule has 10 heteroatoms. The first-order valence-electron chi connectivity index (χ1n) is 9.77. The molecule has 0 bridgehead atoms. The van der Waals surface area contributed by atoms with Crippen molar-refractivity contribution in [1.29, 1.82) is 0 Å². The molecule has 164 valence electrons. The highest BCUT2D eigenvalue weighted by molar-refractivity contribution is 7.89. The molecule has 2 aromatic carbocycles. The molecule has 3 rings (SSSR count). The summed E-state index contributed by atoms with van der Waals surface area (Å²) < 4.78 is 27.6. The number of para-hydroxylation sites is 2. The quantitative estimate of drug-likeness (QED) is 0.603. The Bertz CT molecular complexity index is 1100. The van der Waals surface area contributed by atoms with E-state index in [1.807, 2.05) is 0 Å². The molecule has 0 spiro atoms. The molecule has 0 aliphatic carbocycles. The van der Waals surface area contributed by atoms with Crippen LogP contribution >= 0.6 is 0 Å². The third-order valence-electron chi connectivity index (χ3n) is 4.74. The molecule has 1 atom stereocenters. The van der Waals surface area contributed by atoms with Crippen LogP contribution in [0.5, 0.6) is 0 Å². The smallest absolute Gasteiger partial charge is 0.242 e. The van der Waals surface area contributed by atoms with Gasteiger partial charge in [0.05, 0.1) is 22.3 Å². The minimum atomic E-state index is -3.96. The number of carbonyl (C=O) groups excluding carboxylic acids is 3. The summed E-state index contributed by atoms with van der Waals surface area (Å²) in [6.45, 7) is 3.36. The number of benzene rings is 2. The van der Waals surface area contributed by atoms with Gasteiger partial charge >= 0.3 is 0 Å². The second kappa shape index (κ2) is 9.27. The fourth-order valence-corrected chi connectivity index (χ4v) is 4.44. The number of sulfonamides is 1. The van der Waals surface area contributed by atoms with Crippen LogP contribution in [0.3, 0.4) is 0 Å². The van der Waals surface area contributed by atoms with E-state index in [4.69, 9.17) is 0 Å². The molecule has 31 heavy (non-hydrogen) atoms. The topological polar surface area (TPSA) is 125 Å². The van der Waals surface area contributed by atoms with Gasteiger partial charge in [-0.05, 0) is 49.7 Å². The van der Waals surface area contributed by atoms with E-state index < -0.39 is 22.0 Å². The molecule has 0 radical (unpaired) electrons. The molecule has 3 amide bonds. The number of nitrogens with zero attached hydrogens (tertiary/aromatic N) is 1. The van der Waals surface area contributed by atoms with Crippen molar-refractivity contribution in [3.8, 4) is 0 Å². The summed E-state index contributed by atoms with van der Waals surface area (Å²) in [6.07, 6.45) is 1.21. The zero-order valence-corrected chi connectivity index (χ0v) is 18.0. The van der Waals surface area contributed by atoms with E-state index in [-0.39, 0.29) is 16.7 Å². The van der Waals surface area contributed by atoms with Crippen molar-refractivity contribution < 1.29 is 22.8 Å². The van der Waals surface area contributed by atoms with Gasteiger partial charge in [0.25, 0.3) is 0 Å². The third kappa shape index (κ3) is 5.47. The summed E-state index contributed by atoms with van der Waals surface area (Å²) >= 11 is 0. The highest BCUT2D eigenvalue weighted by Gasteiger charge is 2.26. The normalized spacial score (nSPS) is 14.9. The van der Waals surface area contributed by atoms with E-state index in [2.05, 4.69) is 15.4 Å². The third-order valence-corrected chi connectivity index (χ3v) is 6.29. The number of hydrogen-bond acceptors (Lipinski definition) is 5. The zero-order chi connectivity index (χ0) is 22.6. The Morgan fingerprint density at radius 3 is 2.32 bits per heavy atom. The molecule has 1 heterocycles. The van der Waals surface area contributed by atoms with Crippen LogP contribution in [0, 0.1) is 0 Å². The van der Waals surface area contributed by atoms with Gasteiger partial charge in [-0.15, -0.1) is 0 Å². The molecular formula is C21H24N4O5S. The Hall–Kier alpha value is -3.24. The van der Waals surface area contributed by atoms with Crippen molar-refractivity contribution in [3.63, 3.8) is 0 Å². The van der Waals surface area contributed by atoms with E-state index in [1.54, 1.807) is 29.2 Å². The van der Waals surface area contributed by atoms with Crippen molar-refractivity contribution in [1.82, 2.24) is 4.72 Å². The average Bonchev–Trinajstić information content (AvgIpc) is 3.13. The fraction of sp³-hybridized carbons (Fsp3) is 0.286. The van der Waals surface area contributed by atoms with Gasteiger partial charge in [0.15, 0.2) is 0 Å². The summed E-state index contributed by atoms with van der Waals surface area (Å²) in [5.41, 5.74) is 1.49. The summed E-state index contributed by atoms with van der Waals surface area (Å²) in [4.78, 5) is 37.4. The first-order chi connectivity index (χ1) is 14.7. The molecule has 0 saturated carbocycles. The molecule has 3 N–H and O–H groups in total. The summed E-state index contributed by atoms with van der Waals surface area (Å²) in [5, 5.41) is 5.26. The molecular weight excluding hydrogens is 420 g/mol. The van der Waals surface area contributed by atoms with Crippen LogP contribution in [0.25, 0.3) is 0 Å². The monoisotopic (exact) mass is 444 g/mol. The molecule has 0 unspecified atom stereocenters. The van der Waals surface area contributed by atoms with Crippen molar-refractivity contribution in [2.24, 2.45) is 0 Å². The van der Waals surface area contributed by atoms with E-state index in [0.717, 1.165) is 6.42 Å². The molecule has 1 fully saturated rings. The van der Waals surface area contributed by atoms with Crippen LogP contribution in [-0.4, -0.2) is 38.7 Å². The number of carbonyl (C=O) groups is 3. The lowest BCUT2D eigenvalue weighted by molar-refractivity contribution is -0.118. The zero-order valence-electron chi connectivity index (χ0n) is 17.2. The lowest BCUT2D eigenvalue weighted by Crippen LogP contribution is -2.41. The van der Waals surface area contributed by atoms with Gasteiger partial charge in [0.1, 0.15) is 0 Å². The predicted molar refractivity (Wildman–Crippen MR) is 117 cm³/mol. The Morgan fingerprint density at radius 1 is 1.03 bits per heavy atom. The largest absolute Gasteiger partial charge is 0.326 e. The Balaban J connectivity index is 1.69. The maximum atomic E-state index is 12.7. The van der Waals surface area contributed by atoms with Crippen LogP contribution in [0.4, 0.5) is 17.1 Å². The summed E-state index contributed by atoms with van der Waals surface area (Å²) in [5.74, 6) is -0.842. The van der Waals surface area contributed by atoms with Gasteiger partial charge in [-0.1, -0.05) is 12.1 Å². The maximum absolute atomic E-state index is 12.7. The van der Waals surface area contributed by atoms with Crippen LogP contribution < -0.4 is 20.3 Å². The van der Waals surface area contributed by atoms with Crippen molar-refractivity contribution >= 4 is 44.8 Å². The number of nitrogens with one attached hydrogen (secondary N) is 3. The molecule has 9 nitrogen and oxygen atoms in total.